The minimum Gasteiger partial charge on any atom is -0.496 e. The Bertz CT molecular complexity index is 2040. The van der Waals surface area contributed by atoms with Crippen molar-refractivity contribution >= 4 is 59.6 Å². The second-order valence-corrected chi connectivity index (χ2v) is 19.6. The van der Waals surface area contributed by atoms with Crippen molar-refractivity contribution in [3.05, 3.63) is 146 Å². The van der Waals surface area contributed by atoms with E-state index in [0.717, 1.165) is 31.8 Å². The van der Waals surface area contributed by atoms with E-state index in [-0.39, 0.29) is 11.9 Å². The van der Waals surface area contributed by atoms with Crippen molar-refractivity contribution in [3.8, 4) is 34.1 Å². The zero-order valence-corrected chi connectivity index (χ0v) is 35.0. The van der Waals surface area contributed by atoms with Crippen LogP contribution in [-0.2, 0) is 9.59 Å². The number of hydrogen-bond donors (Lipinski definition) is 0. The summed E-state index contributed by atoms with van der Waals surface area (Å²) in [6, 6.07) is 48.4. The lowest BCUT2D eigenvalue weighted by molar-refractivity contribution is -0.143. The molecule has 0 amide bonds. The number of esters is 2. The molecule has 0 spiro atoms. The number of hydrogen-bond acceptors (Lipinski definition) is 6. The van der Waals surface area contributed by atoms with Crippen LogP contribution >= 0.6 is 15.8 Å². The molecule has 286 valence electrons. The summed E-state index contributed by atoms with van der Waals surface area (Å²) < 4.78 is 25.6. The van der Waals surface area contributed by atoms with Gasteiger partial charge in [-0.15, -0.1) is 0 Å². The van der Waals surface area contributed by atoms with Gasteiger partial charge in [0, 0.05) is 21.7 Å². The number of methoxy groups -OCH3 is 2. The normalized spacial score (nSPS) is 11.7. The molecule has 0 fully saturated rings. The largest absolute Gasteiger partial charge is 0.496 e. The van der Waals surface area contributed by atoms with Crippen LogP contribution in [0.3, 0.4) is 0 Å². The summed E-state index contributed by atoms with van der Waals surface area (Å²) in [7, 11) is 0.454. The third-order valence-electron chi connectivity index (χ3n) is 9.03. The van der Waals surface area contributed by atoms with Gasteiger partial charge in [-0.1, -0.05) is 121 Å². The molecule has 0 N–H and O–H groups in total. The van der Waals surface area contributed by atoms with Gasteiger partial charge in [-0.05, 0) is 103 Å². The highest BCUT2D eigenvalue weighted by atomic mass is 31.1. The highest BCUT2D eigenvalue weighted by molar-refractivity contribution is 7.81. The highest BCUT2D eigenvalue weighted by Crippen LogP contribution is 2.51. The summed E-state index contributed by atoms with van der Waals surface area (Å²) in [5.41, 5.74) is -0.215. The first-order valence-corrected chi connectivity index (χ1v) is 21.2. The van der Waals surface area contributed by atoms with Gasteiger partial charge in [0.1, 0.15) is 23.0 Å². The first-order chi connectivity index (χ1) is 26.8. The monoisotopic (exact) mass is 782 g/mol. The molecule has 0 bridgehead atoms. The molecule has 6 nitrogen and oxygen atoms in total. The van der Waals surface area contributed by atoms with Crippen LogP contribution in [0.5, 0.6) is 23.0 Å². The van der Waals surface area contributed by atoms with E-state index in [1.54, 1.807) is 14.2 Å². The molecule has 0 aliphatic rings. The van der Waals surface area contributed by atoms with Crippen LogP contribution in [0.15, 0.2) is 146 Å². The smallest absolute Gasteiger partial charge is 0.316 e. The average molecular weight is 783 g/mol. The molecule has 0 unspecified atom stereocenters. The van der Waals surface area contributed by atoms with Gasteiger partial charge in [-0.2, -0.15) is 0 Å². The maximum atomic E-state index is 13.9. The van der Waals surface area contributed by atoms with Gasteiger partial charge in [0.25, 0.3) is 0 Å². The summed E-state index contributed by atoms with van der Waals surface area (Å²) in [5, 5.41) is 5.70. The lowest BCUT2D eigenvalue weighted by Crippen LogP contribution is -2.32. The Hall–Kier alpha value is -5.28. The Balaban J connectivity index is 1.85. The van der Waals surface area contributed by atoms with Gasteiger partial charge in [-0.3, -0.25) is 9.59 Å². The second kappa shape index (κ2) is 17.2. The molecule has 6 aromatic rings. The molecule has 6 aromatic carbocycles. The van der Waals surface area contributed by atoms with Crippen LogP contribution in [0, 0.1) is 10.8 Å². The summed E-state index contributed by atoms with van der Waals surface area (Å²) in [6.07, 6.45) is 0. The number of rotatable bonds is 11. The third-order valence-corrected chi connectivity index (χ3v) is 14.1. The van der Waals surface area contributed by atoms with Crippen LogP contribution in [0.25, 0.3) is 11.1 Å². The van der Waals surface area contributed by atoms with Crippen LogP contribution in [0.1, 0.15) is 41.5 Å². The van der Waals surface area contributed by atoms with E-state index >= 15 is 0 Å². The predicted octanol–water partition coefficient (Wildman–Crippen LogP) is 8.79. The topological polar surface area (TPSA) is 71.1 Å². The maximum absolute atomic E-state index is 13.9. The van der Waals surface area contributed by atoms with Crippen molar-refractivity contribution in [2.75, 3.05) is 14.2 Å². The van der Waals surface area contributed by atoms with Crippen molar-refractivity contribution in [2.45, 2.75) is 41.5 Å². The molecule has 0 saturated heterocycles. The first-order valence-electron chi connectivity index (χ1n) is 18.5. The molecule has 0 aliphatic carbocycles. The quantitative estimate of drug-likeness (QED) is 0.0744. The molecule has 0 atom stereocenters. The zero-order chi connectivity index (χ0) is 40.0. The van der Waals surface area contributed by atoms with Gasteiger partial charge in [0.15, 0.2) is 0 Å². The molecule has 8 heteroatoms. The van der Waals surface area contributed by atoms with Crippen molar-refractivity contribution in [1.29, 1.82) is 0 Å². The average Bonchev–Trinajstić information content (AvgIpc) is 3.20. The molecule has 0 radical (unpaired) electrons. The van der Waals surface area contributed by atoms with Crippen LogP contribution in [0.2, 0.25) is 0 Å². The van der Waals surface area contributed by atoms with E-state index in [9.17, 15) is 9.59 Å². The van der Waals surface area contributed by atoms with Crippen LogP contribution in [-0.4, -0.2) is 26.2 Å². The maximum Gasteiger partial charge on any atom is 0.316 e. The summed E-state index contributed by atoms with van der Waals surface area (Å²) in [4.78, 5) is 27.8. The van der Waals surface area contributed by atoms with E-state index in [4.69, 9.17) is 18.9 Å². The van der Waals surface area contributed by atoms with E-state index in [2.05, 4.69) is 48.5 Å². The highest BCUT2D eigenvalue weighted by Gasteiger charge is 2.37. The number of carbonyl (C=O) groups excluding carboxylic acids is 2. The van der Waals surface area contributed by atoms with Crippen molar-refractivity contribution in [1.82, 2.24) is 0 Å². The predicted molar refractivity (Wildman–Crippen MR) is 233 cm³/mol. The number of carbonyl (C=O) groups is 2. The van der Waals surface area contributed by atoms with Gasteiger partial charge < -0.3 is 18.9 Å². The molecule has 0 aliphatic heterocycles. The van der Waals surface area contributed by atoms with Crippen LogP contribution < -0.4 is 50.8 Å². The number of benzene rings is 6. The van der Waals surface area contributed by atoms with Gasteiger partial charge in [0.05, 0.1) is 25.0 Å². The number of ether oxygens (including phenoxy) is 4. The first kappa shape index (κ1) is 40.4. The van der Waals surface area contributed by atoms with E-state index in [1.807, 2.05) is 139 Å². The SMILES string of the molecule is COc1ccc(OC(=O)C(C)(C)C)c(P(c2ccccc2)c2ccccc2)c1-c1c(OC)ccc(OC(=O)C(C)(C)C)c1P(c1ccccc1)c1ccccc1. The fourth-order valence-corrected chi connectivity index (χ4v) is 11.3. The van der Waals surface area contributed by atoms with Crippen molar-refractivity contribution in [2.24, 2.45) is 10.8 Å². The summed E-state index contributed by atoms with van der Waals surface area (Å²) in [5.74, 6) is 1.17. The second-order valence-electron chi connectivity index (χ2n) is 15.3. The Kier molecular flexibility index (Phi) is 12.4. The summed E-state index contributed by atoms with van der Waals surface area (Å²) in [6.45, 7) is 11.1. The fourth-order valence-electron chi connectivity index (χ4n) is 6.17. The fraction of sp³-hybridized carbons (Fsp3) is 0.208. The molecular formula is C48H48O6P2. The lowest BCUT2D eigenvalue weighted by atomic mass is 9.97. The lowest BCUT2D eigenvalue weighted by Gasteiger charge is -2.31. The molecule has 0 aromatic heterocycles. The molecule has 56 heavy (non-hydrogen) atoms. The van der Waals surface area contributed by atoms with E-state index < -0.39 is 26.7 Å². The van der Waals surface area contributed by atoms with Gasteiger partial charge in [0.2, 0.25) is 0 Å². The minimum atomic E-state index is -1.42. The molecular weight excluding hydrogens is 734 g/mol. The zero-order valence-electron chi connectivity index (χ0n) is 33.2. The van der Waals surface area contributed by atoms with Gasteiger partial charge >= 0.3 is 11.9 Å². The van der Waals surface area contributed by atoms with Crippen molar-refractivity contribution in [3.63, 3.8) is 0 Å². The third kappa shape index (κ3) is 8.73. The molecule has 0 heterocycles. The molecule has 6 rings (SSSR count). The summed E-state index contributed by atoms with van der Waals surface area (Å²) >= 11 is 0. The Morgan fingerprint density at radius 1 is 0.393 bits per heavy atom. The minimum absolute atomic E-state index is 0.373. The standard InChI is InChI=1S/C48H48O6P2/c1-47(2,3)45(49)53-39-31-29-37(51-7)41(43(39)55(33-21-13-9-14-22-33)34-23-15-10-16-24-34)42-38(52-8)30-32-40(54-46(50)48(4,5)6)44(42)56(35-25-17-11-18-26-35)36-27-19-12-20-28-36/h9-32H,1-8H3. The molecule has 0 saturated carbocycles. The van der Waals surface area contributed by atoms with Gasteiger partial charge in [-0.25, -0.2) is 0 Å². The Morgan fingerprint density at radius 2 is 0.643 bits per heavy atom. The van der Waals surface area contributed by atoms with E-state index in [1.165, 1.54) is 0 Å². The Morgan fingerprint density at radius 3 is 0.875 bits per heavy atom. The van der Waals surface area contributed by atoms with Crippen molar-refractivity contribution < 1.29 is 28.5 Å². The van der Waals surface area contributed by atoms with E-state index in [0.29, 0.717) is 34.1 Å². The Labute approximate surface area is 333 Å². The van der Waals surface area contributed by atoms with Crippen LogP contribution in [0.4, 0.5) is 0 Å².